The van der Waals surface area contributed by atoms with Crippen molar-refractivity contribution in [2.75, 3.05) is 7.11 Å². The van der Waals surface area contributed by atoms with E-state index in [0.717, 1.165) is 7.11 Å². The molecule has 0 fully saturated rings. The summed E-state index contributed by atoms with van der Waals surface area (Å²) in [6.07, 6.45) is -6.46. The zero-order valence-corrected chi connectivity index (χ0v) is 7.05. The van der Waals surface area contributed by atoms with Crippen molar-refractivity contribution in [3.63, 3.8) is 0 Å². The molecule has 5 nitrogen and oxygen atoms in total. The van der Waals surface area contributed by atoms with Gasteiger partial charge in [0, 0.05) is 0 Å². The van der Waals surface area contributed by atoms with Crippen molar-refractivity contribution in [2.45, 2.75) is 12.8 Å². The molecule has 0 aliphatic carbocycles. The van der Waals surface area contributed by atoms with Crippen LogP contribution in [0, 0.1) is 0 Å². The zero-order valence-electron chi connectivity index (χ0n) is 7.05. The van der Waals surface area contributed by atoms with Crippen molar-refractivity contribution in [2.24, 2.45) is 0 Å². The number of carboxylic acids is 1. The lowest BCUT2D eigenvalue weighted by Crippen LogP contribution is -2.21. The number of methoxy groups -OCH3 is 1. The van der Waals surface area contributed by atoms with Crippen LogP contribution in [0.1, 0.15) is 0 Å². The molecule has 10 heteroatoms. The highest BCUT2D eigenvalue weighted by atomic mass is 19.4. The van der Waals surface area contributed by atoms with Crippen molar-refractivity contribution >= 4 is 12.1 Å². The van der Waals surface area contributed by atoms with Gasteiger partial charge in [0.25, 0.3) is 0 Å². The monoisotopic (exact) mass is 240 g/mol. The summed E-state index contributed by atoms with van der Waals surface area (Å²) in [6, 6.07) is 0. The first-order valence-electron chi connectivity index (χ1n) is 2.94. The van der Waals surface area contributed by atoms with Crippen LogP contribution in [0.5, 0.6) is 0 Å². The third-order valence-electron chi connectivity index (χ3n) is 0.594. The Morgan fingerprint density at radius 2 is 1.60 bits per heavy atom. The zero-order chi connectivity index (χ0) is 12.6. The summed E-state index contributed by atoms with van der Waals surface area (Å²) >= 11 is 0. The number of halogens is 5. The van der Waals surface area contributed by atoms with Crippen LogP contribution in [0.2, 0.25) is 0 Å². The molecule has 0 aromatic carbocycles. The Labute approximate surface area is 79.4 Å². The minimum Gasteiger partial charge on any atom is -0.475 e. The van der Waals surface area contributed by atoms with Gasteiger partial charge in [0.15, 0.2) is 0 Å². The lowest BCUT2D eigenvalue weighted by atomic mass is 10.7. The fourth-order valence-corrected chi connectivity index (χ4v) is 0.121. The van der Waals surface area contributed by atoms with Gasteiger partial charge < -0.3 is 14.6 Å². The standard InChI is InChI=1S/C3H4F2O3.C2HF3O2/c1-7-3(6)8-2(4)5;3-2(4,5)1(6)7/h2H,1H3;(H,6,7). The number of aliphatic carboxylic acids is 1. The summed E-state index contributed by atoms with van der Waals surface area (Å²) < 4.78 is 60.6. The van der Waals surface area contributed by atoms with E-state index in [-0.39, 0.29) is 0 Å². The normalized spacial score (nSPS) is 10.1. The van der Waals surface area contributed by atoms with E-state index in [1.807, 2.05) is 0 Å². The van der Waals surface area contributed by atoms with E-state index < -0.39 is 24.9 Å². The first-order valence-corrected chi connectivity index (χ1v) is 2.94. The lowest BCUT2D eigenvalue weighted by molar-refractivity contribution is -0.192. The summed E-state index contributed by atoms with van der Waals surface area (Å²) in [4.78, 5) is 18.6. The molecule has 0 atom stereocenters. The smallest absolute Gasteiger partial charge is 0.475 e. The van der Waals surface area contributed by atoms with Crippen molar-refractivity contribution < 1.29 is 46.1 Å². The van der Waals surface area contributed by atoms with E-state index in [1.165, 1.54) is 0 Å². The second-order valence-corrected chi connectivity index (χ2v) is 1.64. The molecule has 15 heavy (non-hydrogen) atoms. The van der Waals surface area contributed by atoms with Crippen LogP contribution in [-0.4, -0.2) is 37.1 Å². The van der Waals surface area contributed by atoms with Crippen LogP contribution < -0.4 is 0 Å². The SMILES string of the molecule is COC(=O)OC(F)F.O=C(O)C(F)(F)F. The highest BCUT2D eigenvalue weighted by molar-refractivity contribution is 5.73. The van der Waals surface area contributed by atoms with Gasteiger partial charge in [-0.25, -0.2) is 9.59 Å². The van der Waals surface area contributed by atoms with Gasteiger partial charge in [0.2, 0.25) is 0 Å². The molecular formula is C5H5F5O5. The number of alkyl halides is 5. The van der Waals surface area contributed by atoms with Gasteiger partial charge in [-0.2, -0.15) is 22.0 Å². The van der Waals surface area contributed by atoms with Crippen LogP contribution in [0.3, 0.4) is 0 Å². The van der Waals surface area contributed by atoms with E-state index in [1.54, 1.807) is 0 Å². The fourth-order valence-electron chi connectivity index (χ4n) is 0.121. The molecule has 0 heterocycles. The van der Waals surface area contributed by atoms with E-state index >= 15 is 0 Å². The summed E-state index contributed by atoms with van der Waals surface area (Å²) in [6.45, 7) is -3.09. The lowest BCUT2D eigenvalue weighted by Gasteiger charge is -1.97. The van der Waals surface area contributed by atoms with Crippen molar-refractivity contribution in [1.29, 1.82) is 0 Å². The van der Waals surface area contributed by atoms with Gasteiger partial charge in [0.05, 0.1) is 7.11 Å². The average molecular weight is 240 g/mol. The van der Waals surface area contributed by atoms with Crippen LogP contribution in [-0.2, 0) is 14.3 Å². The Bertz CT molecular complexity index is 212. The van der Waals surface area contributed by atoms with Gasteiger partial charge in [-0.15, -0.1) is 0 Å². The number of carbonyl (C=O) groups excluding carboxylic acids is 1. The topological polar surface area (TPSA) is 72.8 Å². The van der Waals surface area contributed by atoms with Crippen LogP contribution in [0.4, 0.5) is 26.7 Å². The second kappa shape index (κ2) is 6.79. The van der Waals surface area contributed by atoms with Gasteiger partial charge in [-0.3, -0.25) is 0 Å². The van der Waals surface area contributed by atoms with E-state index in [2.05, 4.69) is 9.47 Å². The second-order valence-electron chi connectivity index (χ2n) is 1.64. The maximum atomic E-state index is 10.9. The van der Waals surface area contributed by atoms with Gasteiger partial charge >= 0.3 is 24.9 Å². The molecular weight excluding hydrogens is 235 g/mol. The first-order chi connectivity index (χ1) is 6.61. The average Bonchev–Trinajstić information content (AvgIpc) is 2.02. The van der Waals surface area contributed by atoms with E-state index in [9.17, 15) is 26.7 Å². The molecule has 0 bridgehead atoms. The molecule has 0 rings (SSSR count). The number of hydrogen-bond acceptors (Lipinski definition) is 4. The minimum atomic E-state index is -5.08. The summed E-state index contributed by atoms with van der Waals surface area (Å²) in [5, 5.41) is 7.12. The molecule has 90 valence electrons. The van der Waals surface area contributed by atoms with Crippen molar-refractivity contribution in [3.05, 3.63) is 0 Å². The van der Waals surface area contributed by atoms with Crippen LogP contribution in [0.25, 0.3) is 0 Å². The Balaban J connectivity index is 0. The number of ether oxygens (including phenoxy) is 2. The summed E-state index contributed by atoms with van der Waals surface area (Å²) in [5.41, 5.74) is 0. The molecule has 0 aromatic heterocycles. The fraction of sp³-hybridized carbons (Fsp3) is 0.600. The predicted octanol–water partition coefficient (Wildman–Crippen LogP) is 1.63. The molecule has 0 spiro atoms. The third kappa shape index (κ3) is 12.4. The quantitative estimate of drug-likeness (QED) is 0.557. The molecule has 0 aliphatic heterocycles. The first kappa shape index (κ1) is 15.8. The van der Waals surface area contributed by atoms with E-state index in [4.69, 9.17) is 9.90 Å². The maximum Gasteiger partial charge on any atom is 0.512 e. The van der Waals surface area contributed by atoms with Gasteiger partial charge in [0.1, 0.15) is 0 Å². The Morgan fingerprint density at radius 1 is 1.27 bits per heavy atom. The molecule has 0 aliphatic rings. The number of carbonyl (C=O) groups is 2. The Hall–Kier alpha value is -1.61. The number of rotatable bonds is 1. The predicted molar refractivity (Wildman–Crippen MR) is 33.2 cm³/mol. The largest absolute Gasteiger partial charge is 0.512 e. The molecule has 0 amide bonds. The van der Waals surface area contributed by atoms with Crippen LogP contribution in [0.15, 0.2) is 0 Å². The Kier molecular flexibility index (Phi) is 7.17. The van der Waals surface area contributed by atoms with Crippen molar-refractivity contribution in [3.8, 4) is 0 Å². The molecule has 1 N–H and O–H groups in total. The maximum absolute atomic E-state index is 10.9. The Morgan fingerprint density at radius 3 is 1.67 bits per heavy atom. The summed E-state index contributed by atoms with van der Waals surface area (Å²) in [5.74, 6) is -2.76. The highest BCUT2D eigenvalue weighted by Gasteiger charge is 2.38. The number of carboxylic acid groups (broad SMARTS) is 1. The molecule has 0 saturated heterocycles. The molecule has 0 radical (unpaired) electrons. The van der Waals surface area contributed by atoms with E-state index in [0.29, 0.717) is 0 Å². The molecule has 0 saturated carbocycles. The third-order valence-corrected chi connectivity index (χ3v) is 0.594. The van der Waals surface area contributed by atoms with Gasteiger partial charge in [-0.05, 0) is 0 Å². The number of hydrogen-bond donors (Lipinski definition) is 1. The minimum absolute atomic E-state index is 0.949. The van der Waals surface area contributed by atoms with Gasteiger partial charge in [-0.1, -0.05) is 0 Å². The van der Waals surface area contributed by atoms with Crippen LogP contribution >= 0.6 is 0 Å². The molecule has 0 unspecified atom stereocenters. The molecule has 0 aromatic rings. The summed E-state index contributed by atoms with van der Waals surface area (Å²) in [7, 11) is 0.949. The highest BCUT2D eigenvalue weighted by Crippen LogP contribution is 2.13. The van der Waals surface area contributed by atoms with Crippen molar-refractivity contribution in [1.82, 2.24) is 0 Å².